The summed E-state index contributed by atoms with van der Waals surface area (Å²) in [7, 11) is 0. The van der Waals surface area contributed by atoms with Crippen LogP contribution in [0.5, 0.6) is 0 Å². The second kappa shape index (κ2) is 5.28. The summed E-state index contributed by atoms with van der Waals surface area (Å²) in [4.78, 5) is 0. The van der Waals surface area contributed by atoms with Crippen LogP contribution in [0.3, 0.4) is 0 Å². The van der Waals surface area contributed by atoms with Crippen LogP contribution < -0.4 is 0 Å². The van der Waals surface area contributed by atoms with Crippen LogP contribution >= 0.6 is 0 Å². The van der Waals surface area contributed by atoms with E-state index >= 15 is 0 Å². The van der Waals surface area contributed by atoms with Crippen LogP contribution in [-0.4, -0.2) is 6.61 Å². The Kier molecular flexibility index (Phi) is 4.74. The predicted molar refractivity (Wildman–Crippen MR) is 31.0 cm³/mol. The lowest BCUT2D eigenvalue weighted by Gasteiger charge is -1.87. The molecule has 0 spiro atoms. The highest BCUT2D eigenvalue weighted by atomic mass is 16.5. The Balaban J connectivity index is 2.92. The summed E-state index contributed by atoms with van der Waals surface area (Å²) in [6, 6.07) is 0. The Hall–Kier alpha value is -0.720. The Bertz CT molecular complexity index is 64.6. The quantitative estimate of drug-likeness (QED) is 0.386. The predicted octanol–water partition coefficient (Wildman–Crippen LogP) is 1.72. The number of hydrogen-bond donors (Lipinski definition) is 0. The largest absolute Gasteiger partial charge is 0.501 e. The topological polar surface area (TPSA) is 9.23 Å². The van der Waals surface area contributed by atoms with E-state index in [1.165, 1.54) is 0 Å². The van der Waals surface area contributed by atoms with Gasteiger partial charge >= 0.3 is 0 Å². The van der Waals surface area contributed by atoms with Gasteiger partial charge in [0.1, 0.15) is 0 Å². The molecule has 0 aromatic rings. The van der Waals surface area contributed by atoms with Gasteiger partial charge < -0.3 is 4.74 Å². The summed E-state index contributed by atoms with van der Waals surface area (Å²) in [5.74, 6) is 0. The molecule has 0 amide bonds. The van der Waals surface area contributed by atoms with Crippen molar-refractivity contribution >= 4 is 0 Å². The summed E-state index contributed by atoms with van der Waals surface area (Å²) in [5.41, 5.74) is 0. The van der Waals surface area contributed by atoms with Crippen molar-refractivity contribution in [1.82, 2.24) is 0 Å². The fourth-order valence-corrected chi connectivity index (χ4v) is 0.207. The first-order valence-electron chi connectivity index (χ1n) is 2.31. The van der Waals surface area contributed by atoms with Crippen LogP contribution in [0, 0.1) is 0 Å². The van der Waals surface area contributed by atoms with Gasteiger partial charge in [-0.05, 0) is 13.0 Å². The van der Waals surface area contributed by atoms with Gasteiger partial charge in [-0.3, -0.25) is 0 Å². The molecule has 0 aromatic carbocycles. The van der Waals surface area contributed by atoms with E-state index in [0.717, 1.165) is 6.61 Å². The Morgan fingerprint density at radius 1 is 1.71 bits per heavy atom. The average Bonchev–Trinajstić information content (AvgIpc) is 1.69. The molecule has 7 heavy (non-hydrogen) atoms. The number of allylic oxidation sites excluding steroid dienone is 2. The standard InChI is InChI=1S/C6H10O/c1-3-5-6-7-4-2/h3,5-6H,1,4H2,2H3/b6-5+. The molecule has 0 aromatic heterocycles. The third kappa shape index (κ3) is 5.28. The monoisotopic (exact) mass is 98.1 g/mol. The van der Waals surface area contributed by atoms with E-state index in [1.807, 2.05) is 6.92 Å². The molecule has 0 radical (unpaired) electrons. The van der Waals surface area contributed by atoms with E-state index < -0.39 is 0 Å². The Labute approximate surface area is 44.3 Å². The number of rotatable bonds is 3. The van der Waals surface area contributed by atoms with Gasteiger partial charge in [0.15, 0.2) is 0 Å². The highest BCUT2D eigenvalue weighted by molar-refractivity contribution is 4.92. The molecule has 0 aliphatic rings. The maximum atomic E-state index is 4.82. The molecule has 0 saturated heterocycles. The first kappa shape index (κ1) is 6.28. The van der Waals surface area contributed by atoms with Crippen molar-refractivity contribution in [2.24, 2.45) is 0 Å². The summed E-state index contributed by atoms with van der Waals surface area (Å²) in [6.07, 6.45) is 5.05. The van der Waals surface area contributed by atoms with Crippen molar-refractivity contribution in [3.05, 3.63) is 25.0 Å². The third-order valence-corrected chi connectivity index (χ3v) is 0.478. The van der Waals surface area contributed by atoms with Crippen LogP contribution in [-0.2, 0) is 4.74 Å². The SMILES string of the molecule is C=C/C=C/OCC. The van der Waals surface area contributed by atoms with Crippen molar-refractivity contribution in [2.45, 2.75) is 6.92 Å². The van der Waals surface area contributed by atoms with Gasteiger partial charge in [0, 0.05) is 0 Å². The molecule has 0 aliphatic carbocycles. The zero-order valence-electron chi connectivity index (χ0n) is 4.55. The van der Waals surface area contributed by atoms with Crippen molar-refractivity contribution in [1.29, 1.82) is 0 Å². The van der Waals surface area contributed by atoms with Gasteiger partial charge in [0.25, 0.3) is 0 Å². The zero-order valence-corrected chi connectivity index (χ0v) is 4.55. The van der Waals surface area contributed by atoms with E-state index in [9.17, 15) is 0 Å². The van der Waals surface area contributed by atoms with Crippen LogP contribution in [0.4, 0.5) is 0 Å². The van der Waals surface area contributed by atoms with Crippen molar-refractivity contribution in [3.63, 3.8) is 0 Å². The first-order chi connectivity index (χ1) is 3.41. The van der Waals surface area contributed by atoms with Gasteiger partial charge in [-0.15, -0.1) is 0 Å². The molecule has 0 atom stereocenters. The summed E-state index contributed by atoms with van der Waals surface area (Å²) < 4.78 is 4.82. The molecule has 0 N–H and O–H groups in total. The molecule has 0 unspecified atom stereocenters. The minimum Gasteiger partial charge on any atom is -0.501 e. The van der Waals surface area contributed by atoms with Crippen LogP contribution in [0.2, 0.25) is 0 Å². The maximum Gasteiger partial charge on any atom is 0.0845 e. The number of ether oxygens (including phenoxy) is 1. The van der Waals surface area contributed by atoms with Crippen LogP contribution in [0.1, 0.15) is 6.92 Å². The molecule has 0 aliphatic heterocycles. The molecule has 0 fully saturated rings. The summed E-state index contributed by atoms with van der Waals surface area (Å²) in [6.45, 7) is 6.13. The molecule has 40 valence electrons. The van der Waals surface area contributed by atoms with Gasteiger partial charge in [-0.1, -0.05) is 12.7 Å². The summed E-state index contributed by atoms with van der Waals surface area (Å²) in [5, 5.41) is 0. The molecule has 0 bridgehead atoms. The lowest BCUT2D eigenvalue weighted by atomic mass is 10.6. The average molecular weight is 98.1 g/mol. The van der Waals surface area contributed by atoms with Crippen molar-refractivity contribution in [2.75, 3.05) is 6.61 Å². The van der Waals surface area contributed by atoms with Gasteiger partial charge in [-0.2, -0.15) is 0 Å². The van der Waals surface area contributed by atoms with E-state index in [1.54, 1.807) is 18.4 Å². The summed E-state index contributed by atoms with van der Waals surface area (Å²) >= 11 is 0. The molecular weight excluding hydrogens is 88.1 g/mol. The zero-order chi connectivity index (χ0) is 5.54. The van der Waals surface area contributed by atoms with Gasteiger partial charge in [0.05, 0.1) is 12.9 Å². The fourth-order valence-electron chi connectivity index (χ4n) is 0.207. The van der Waals surface area contributed by atoms with E-state index in [0.29, 0.717) is 0 Å². The lowest BCUT2D eigenvalue weighted by Crippen LogP contribution is -1.73. The smallest absolute Gasteiger partial charge is 0.0845 e. The highest BCUT2D eigenvalue weighted by Gasteiger charge is 1.61. The lowest BCUT2D eigenvalue weighted by molar-refractivity contribution is 0.269. The maximum absolute atomic E-state index is 4.82. The van der Waals surface area contributed by atoms with Crippen LogP contribution in [0.15, 0.2) is 25.0 Å². The third-order valence-electron chi connectivity index (χ3n) is 0.478. The molecule has 0 heterocycles. The highest BCUT2D eigenvalue weighted by Crippen LogP contribution is 1.74. The molecular formula is C6H10O. The second-order valence-corrected chi connectivity index (χ2v) is 1.02. The van der Waals surface area contributed by atoms with Gasteiger partial charge in [0.2, 0.25) is 0 Å². The van der Waals surface area contributed by atoms with Gasteiger partial charge in [-0.25, -0.2) is 0 Å². The molecule has 1 nitrogen and oxygen atoms in total. The molecule has 0 rings (SSSR count). The minimum atomic E-state index is 0.727. The van der Waals surface area contributed by atoms with E-state index in [2.05, 4.69) is 6.58 Å². The Morgan fingerprint density at radius 3 is 2.86 bits per heavy atom. The van der Waals surface area contributed by atoms with Crippen molar-refractivity contribution < 1.29 is 4.74 Å². The minimum absolute atomic E-state index is 0.727. The fraction of sp³-hybridized carbons (Fsp3) is 0.333. The Morgan fingerprint density at radius 2 is 2.43 bits per heavy atom. The molecule has 1 heteroatoms. The normalized spacial score (nSPS) is 9.29. The van der Waals surface area contributed by atoms with E-state index in [-0.39, 0.29) is 0 Å². The van der Waals surface area contributed by atoms with Crippen molar-refractivity contribution in [3.8, 4) is 0 Å². The molecule has 0 saturated carbocycles. The second-order valence-electron chi connectivity index (χ2n) is 1.02. The van der Waals surface area contributed by atoms with E-state index in [4.69, 9.17) is 4.74 Å². The number of hydrogen-bond acceptors (Lipinski definition) is 1. The van der Waals surface area contributed by atoms with Crippen LogP contribution in [0.25, 0.3) is 0 Å². The first-order valence-corrected chi connectivity index (χ1v) is 2.31.